The fraction of sp³-hybridized carbons (Fsp3) is 0.267. The van der Waals surface area contributed by atoms with E-state index in [-0.39, 0.29) is 0 Å². The highest BCUT2D eigenvalue weighted by Crippen LogP contribution is 2.33. The minimum Gasteiger partial charge on any atom is -0.351 e. The van der Waals surface area contributed by atoms with Gasteiger partial charge in [0.25, 0.3) is 0 Å². The minimum atomic E-state index is 0.295. The molecule has 0 radical (unpaired) electrons. The summed E-state index contributed by atoms with van der Waals surface area (Å²) in [5.41, 5.74) is 2.71. The number of hydrogen-bond donors (Lipinski definition) is 0. The zero-order chi connectivity index (χ0) is 14.1. The number of benzene rings is 1. The van der Waals surface area contributed by atoms with E-state index in [4.69, 9.17) is 34.8 Å². The summed E-state index contributed by atoms with van der Waals surface area (Å²) >= 11 is 18.2. The van der Waals surface area contributed by atoms with Gasteiger partial charge in [-0.3, -0.25) is 0 Å². The molecule has 0 spiro atoms. The lowest BCUT2D eigenvalue weighted by atomic mass is 10.0. The average Bonchev–Trinajstić information content (AvgIpc) is 2.65. The molecule has 104 valence electrons. The Bertz CT molecular complexity index is 643. The van der Waals surface area contributed by atoms with E-state index in [2.05, 4.69) is 34.1 Å². The van der Waals surface area contributed by atoms with E-state index in [1.165, 1.54) is 11.1 Å². The van der Waals surface area contributed by atoms with Crippen LogP contribution in [0, 0.1) is 0 Å². The summed E-state index contributed by atoms with van der Waals surface area (Å²) in [4.78, 5) is 6.50. The third kappa shape index (κ3) is 2.73. The van der Waals surface area contributed by atoms with Gasteiger partial charge in [0, 0.05) is 13.1 Å². The Hall–Kier alpha value is -0.960. The number of halogens is 3. The van der Waals surface area contributed by atoms with E-state index in [0.29, 0.717) is 21.0 Å². The first-order valence-electron chi connectivity index (χ1n) is 6.48. The lowest BCUT2D eigenvalue weighted by Crippen LogP contribution is -2.24. The second kappa shape index (κ2) is 5.80. The molecule has 0 atom stereocenters. The highest BCUT2D eigenvalue weighted by atomic mass is 35.5. The maximum absolute atomic E-state index is 6.27. The molecule has 20 heavy (non-hydrogen) atoms. The maximum atomic E-state index is 6.27. The second-order valence-electron chi connectivity index (χ2n) is 4.86. The standard InChI is InChI=1S/C15H13Cl3N2/c16-12-8-13(17)15(19-14(12)18)20-7-3-6-10-4-1-2-5-11(10)9-20/h1-2,4-5,8H,3,6-7,9H2. The number of aryl methyl sites for hydroxylation is 1. The summed E-state index contributed by atoms with van der Waals surface area (Å²) in [6.45, 7) is 1.69. The highest BCUT2D eigenvalue weighted by Gasteiger charge is 2.19. The molecule has 5 heteroatoms. The largest absolute Gasteiger partial charge is 0.351 e. The normalized spacial score (nSPS) is 14.8. The van der Waals surface area contributed by atoms with Crippen LogP contribution in [0.5, 0.6) is 0 Å². The van der Waals surface area contributed by atoms with Crippen molar-refractivity contribution in [3.63, 3.8) is 0 Å². The molecule has 0 aliphatic carbocycles. The molecule has 2 nitrogen and oxygen atoms in total. The van der Waals surface area contributed by atoms with E-state index in [0.717, 1.165) is 25.9 Å². The topological polar surface area (TPSA) is 16.1 Å². The number of fused-ring (bicyclic) bond motifs is 1. The number of aromatic nitrogens is 1. The third-order valence-corrected chi connectivity index (χ3v) is 4.47. The molecule has 1 aliphatic heterocycles. The van der Waals surface area contributed by atoms with Gasteiger partial charge >= 0.3 is 0 Å². The van der Waals surface area contributed by atoms with Gasteiger partial charge in [-0.05, 0) is 30.0 Å². The fourth-order valence-electron chi connectivity index (χ4n) is 2.54. The summed E-state index contributed by atoms with van der Waals surface area (Å²) in [5, 5.41) is 1.22. The Labute approximate surface area is 133 Å². The Morgan fingerprint density at radius 2 is 1.75 bits per heavy atom. The molecule has 3 rings (SSSR count). The van der Waals surface area contributed by atoms with Crippen LogP contribution in [0.1, 0.15) is 17.5 Å². The van der Waals surface area contributed by atoms with Gasteiger partial charge in [0.05, 0.1) is 10.0 Å². The smallest absolute Gasteiger partial charge is 0.150 e. The molecule has 1 aliphatic rings. The van der Waals surface area contributed by atoms with Gasteiger partial charge in [0.2, 0.25) is 0 Å². The third-order valence-electron chi connectivity index (χ3n) is 3.52. The highest BCUT2D eigenvalue weighted by molar-refractivity contribution is 6.42. The van der Waals surface area contributed by atoms with Crippen molar-refractivity contribution in [1.29, 1.82) is 0 Å². The van der Waals surface area contributed by atoms with Crippen molar-refractivity contribution in [3.8, 4) is 0 Å². The summed E-state index contributed by atoms with van der Waals surface area (Å²) in [5.74, 6) is 0.706. The van der Waals surface area contributed by atoms with E-state index < -0.39 is 0 Å². The molecule has 2 aromatic rings. The number of pyridine rings is 1. The molecule has 0 N–H and O–H groups in total. The molecule has 2 heterocycles. The summed E-state index contributed by atoms with van der Waals surface area (Å²) < 4.78 is 0. The Morgan fingerprint density at radius 3 is 2.55 bits per heavy atom. The summed E-state index contributed by atoms with van der Waals surface area (Å²) in [6, 6.07) is 10.1. The Morgan fingerprint density at radius 1 is 1.00 bits per heavy atom. The van der Waals surface area contributed by atoms with Crippen LogP contribution in [0.4, 0.5) is 5.82 Å². The first-order valence-corrected chi connectivity index (χ1v) is 7.62. The monoisotopic (exact) mass is 326 g/mol. The van der Waals surface area contributed by atoms with Crippen LogP contribution < -0.4 is 4.90 Å². The van der Waals surface area contributed by atoms with Gasteiger partial charge in [0.1, 0.15) is 11.0 Å². The number of rotatable bonds is 1. The molecule has 0 saturated heterocycles. The van der Waals surface area contributed by atoms with Crippen LogP contribution >= 0.6 is 34.8 Å². The van der Waals surface area contributed by atoms with Crippen LogP contribution in [0.25, 0.3) is 0 Å². The quantitative estimate of drug-likeness (QED) is 0.686. The fourth-order valence-corrected chi connectivity index (χ4v) is 3.15. The number of anilines is 1. The minimum absolute atomic E-state index is 0.295. The van der Waals surface area contributed by atoms with Crippen LogP contribution in [0.3, 0.4) is 0 Å². The molecule has 0 saturated carbocycles. The van der Waals surface area contributed by atoms with Crippen molar-refractivity contribution in [2.24, 2.45) is 0 Å². The number of hydrogen-bond acceptors (Lipinski definition) is 2. The van der Waals surface area contributed by atoms with Crippen LogP contribution in [-0.4, -0.2) is 11.5 Å². The lowest BCUT2D eigenvalue weighted by molar-refractivity contribution is 0.755. The first kappa shape index (κ1) is 14.0. The average molecular weight is 328 g/mol. The molecular weight excluding hydrogens is 315 g/mol. The van der Waals surface area contributed by atoms with Crippen LogP contribution in [0.2, 0.25) is 15.2 Å². The SMILES string of the molecule is Clc1cc(Cl)c(N2CCCc3ccccc3C2)nc1Cl. The summed E-state index contributed by atoms with van der Waals surface area (Å²) in [6.07, 6.45) is 2.14. The van der Waals surface area contributed by atoms with Gasteiger partial charge in [-0.2, -0.15) is 0 Å². The van der Waals surface area contributed by atoms with E-state index in [1.54, 1.807) is 6.07 Å². The molecule has 1 aromatic heterocycles. The summed E-state index contributed by atoms with van der Waals surface area (Å²) in [7, 11) is 0. The molecule has 0 bridgehead atoms. The zero-order valence-corrected chi connectivity index (χ0v) is 13.0. The first-order chi connectivity index (χ1) is 9.65. The van der Waals surface area contributed by atoms with Crippen molar-refractivity contribution in [3.05, 3.63) is 56.7 Å². The van der Waals surface area contributed by atoms with Gasteiger partial charge in [0.15, 0.2) is 0 Å². The second-order valence-corrected chi connectivity index (χ2v) is 6.03. The molecule has 0 fully saturated rings. The van der Waals surface area contributed by atoms with E-state index in [9.17, 15) is 0 Å². The van der Waals surface area contributed by atoms with Gasteiger partial charge in [-0.1, -0.05) is 59.1 Å². The van der Waals surface area contributed by atoms with Crippen molar-refractivity contribution >= 4 is 40.6 Å². The van der Waals surface area contributed by atoms with Gasteiger partial charge in [-0.15, -0.1) is 0 Å². The lowest BCUT2D eigenvalue weighted by Gasteiger charge is -2.23. The predicted octanol–water partition coefficient (Wildman–Crippen LogP) is 4.99. The predicted molar refractivity (Wildman–Crippen MR) is 85.1 cm³/mol. The molecular formula is C15H13Cl3N2. The molecule has 0 amide bonds. The van der Waals surface area contributed by atoms with Gasteiger partial charge < -0.3 is 4.90 Å². The Kier molecular flexibility index (Phi) is 4.06. The van der Waals surface area contributed by atoms with E-state index in [1.807, 2.05) is 0 Å². The van der Waals surface area contributed by atoms with E-state index >= 15 is 0 Å². The van der Waals surface area contributed by atoms with Gasteiger partial charge in [-0.25, -0.2) is 4.98 Å². The Balaban J connectivity index is 1.97. The zero-order valence-electron chi connectivity index (χ0n) is 10.7. The molecule has 1 aromatic carbocycles. The number of nitrogens with zero attached hydrogens (tertiary/aromatic N) is 2. The van der Waals surface area contributed by atoms with Crippen molar-refractivity contribution in [2.75, 3.05) is 11.4 Å². The molecule has 0 unspecified atom stereocenters. The van der Waals surface area contributed by atoms with Crippen LogP contribution in [-0.2, 0) is 13.0 Å². The maximum Gasteiger partial charge on any atom is 0.150 e. The van der Waals surface area contributed by atoms with Crippen LogP contribution in [0.15, 0.2) is 30.3 Å². The van der Waals surface area contributed by atoms with Crippen molar-refractivity contribution in [2.45, 2.75) is 19.4 Å². The van der Waals surface area contributed by atoms with Crippen molar-refractivity contribution < 1.29 is 0 Å². The van der Waals surface area contributed by atoms with Crippen molar-refractivity contribution in [1.82, 2.24) is 4.98 Å².